The number of hydrogen-bond acceptors (Lipinski definition) is 5. The summed E-state index contributed by atoms with van der Waals surface area (Å²) >= 11 is 1.53. The van der Waals surface area contributed by atoms with E-state index < -0.39 is 0 Å². The fourth-order valence-electron chi connectivity index (χ4n) is 4.75. The molecule has 182 valence electrons. The molecule has 0 fully saturated rings. The molecule has 38 heavy (non-hydrogen) atoms. The first kappa shape index (κ1) is 22.5. The average molecular weight is 511 g/mol. The van der Waals surface area contributed by atoms with Gasteiger partial charge in [0.05, 0.1) is 11.2 Å². The summed E-state index contributed by atoms with van der Waals surface area (Å²) in [5, 5.41) is 11.4. The van der Waals surface area contributed by atoms with Gasteiger partial charge in [0.1, 0.15) is 5.69 Å². The summed E-state index contributed by atoms with van der Waals surface area (Å²) in [6.45, 7) is 0. The highest BCUT2D eigenvalue weighted by atomic mass is 32.2. The molecule has 0 bridgehead atoms. The van der Waals surface area contributed by atoms with Crippen molar-refractivity contribution in [2.24, 2.45) is 0 Å². The Morgan fingerprint density at radius 2 is 1.39 bits per heavy atom. The summed E-state index contributed by atoms with van der Waals surface area (Å²) in [7, 11) is 0. The zero-order valence-electron chi connectivity index (χ0n) is 20.3. The van der Waals surface area contributed by atoms with Gasteiger partial charge >= 0.3 is 0 Å². The molecule has 0 radical (unpaired) electrons. The highest BCUT2D eigenvalue weighted by molar-refractivity contribution is 7.98. The standard InChI is InChI=1S/C32H22N4OS/c1-3-11-22(12-4-1)24-15-9-10-21(18-24)20-38-32-36-35-31(37-32)28-19-26-25-16-7-8-17-27(25)33-30(26)29(34-28)23-13-5-2-6-14-23/h1-19,33H,20H2. The van der Waals surface area contributed by atoms with Crippen LogP contribution >= 0.6 is 11.8 Å². The lowest BCUT2D eigenvalue weighted by Gasteiger charge is -2.05. The van der Waals surface area contributed by atoms with E-state index in [1.54, 1.807) is 0 Å². The second-order valence-electron chi connectivity index (χ2n) is 9.04. The van der Waals surface area contributed by atoms with E-state index in [0.717, 1.165) is 38.8 Å². The number of hydrogen-bond donors (Lipinski definition) is 1. The van der Waals surface area contributed by atoms with Crippen LogP contribution in [0, 0.1) is 0 Å². The second kappa shape index (κ2) is 9.65. The van der Waals surface area contributed by atoms with Gasteiger partial charge in [0, 0.05) is 27.6 Å². The highest BCUT2D eigenvalue weighted by Gasteiger charge is 2.18. The highest BCUT2D eigenvalue weighted by Crippen LogP contribution is 2.35. The molecule has 3 heterocycles. The van der Waals surface area contributed by atoms with Crippen LogP contribution < -0.4 is 0 Å². The predicted molar refractivity (Wildman–Crippen MR) is 154 cm³/mol. The average Bonchev–Trinajstić information content (AvgIpc) is 3.62. The van der Waals surface area contributed by atoms with Crippen molar-refractivity contribution in [1.29, 1.82) is 0 Å². The smallest absolute Gasteiger partial charge is 0.277 e. The maximum Gasteiger partial charge on any atom is 0.277 e. The molecule has 0 saturated carbocycles. The first-order chi connectivity index (χ1) is 18.8. The summed E-state index contributed by atoms with van der Waals surface area (Å²) in [6, 6.07) is 39.4. The summed E-state index contributed by atoms with van der Waals surface area (Å²) in [4.78, 5) is 8.53. The van der Waals surface area contributed by atoms with E-state index in [9.17, 15) is 0 Å². The summed E-state index contributed by atoms with van der Waals surface area (Å²) in [5.74, 6) is 1.14. The minimum absolute atomic E-state index is 0.412. The maximum absolute atomic E-state index is 6.10. The van der Waals surface area contributed by atoms with Gasteiger partial charge in [0.15, 0.2) is 0 Å². The van der Waals surface area contributed by atoms with Crippen LogP contribution in [0.2, 0.25) is 0 Å². The van der Waals surface area contributed by atoms with E-state index in [1.807, 2.05) is 42.5 Å². The van der Waals surface area contributed by atoms with E-state index in [0.29, 0.717) is 16.8 Å². The van der Waals surface area contributed by atoms with Crippen LogP contribution in [0.4, 0.5) is 0 Å². The van der Waals surface area contributed by atoms with Gasteiger partial charge in [-0.25, -0.2) is 4.98 Å². The molecule has 0 unspecified atom stereocenters. The molecule has 0 spiro atoms. The Labute approximate surface area is 223 Å². The number of nitrogens with zero attached hydrogens (tertiary/aromatic N) is 3. The van der Waals surface area contributed by atoms with Crippen LogP contribution in [-0.2, 0) is 5.75 Å². The molecule has 0 amide bonds. The van der Waals surface area contributed by atoms with E-state index in [-0.39, 0.29) is 0 Å². The van der Waals surface area contributed by atoms with Gasteiger partial charge in [0.2, 0.25) is 0 Å². The Hall–Kier alpha value is -4.68. The number of rotatable bonds is 6. The van der Waals surface area contributed by atoms with E-state index in [1.165, 1.54) is 28.5 Å². The molecule has 7 rings (SSSR count). The van der Waals surface area contributed by atoms with Crippen molar-refractivity contribution in [1.82, 2.24) is 20.2 Å². The van der Waals surface area contributed by atoms with Gasteiger partial charge in [-0.2, -0.15) is 0 Å². The third kappa shape index (κ3) is 4.25. The van der Waals surface area contributed by atoms with Crippen molar-refractivity contribution < 1.29 is 4.42 Å². The molecule has 0 atom stereocenters. The van der Waals surface area contributed by atoms with Crippen LogP contribution in [0.3, 0.4) is 0 Å². The summed E-state index contributed by atoms with van der Waals surface area (Å²) in [6.07, 6.45) is 0. The van der Waals surface area contributed by atoms with Gasteiger partial charge in [-0.3, -0.25) is 0 Å². The molecule has 0 aliphatic rings. The Morgan fingerprint density at radius 1 is 0.658 bits per heavy atom. The van der Waals surface area contributed by atoms with Gasteiger partial charge in [0.25, 0.3) is 11.1 Å². The van der Waals surface area contributed by atoms with Crippen molar-refractivity contribution in [3.8, 4) is 34.0 Å². The van der Waals surface area contributed by atoms with Gasteiger partial charge < -0.3 is 9.40 Å². The molecular formula is C32H22N4OS. The number of aromatic nitrogens is 4. The van der Waals surface area contributed by atoms with E-state index in [2.05, 4.69) is 88.0 Å². The Bertz CT molecular complexity index is 1880. The first-order valence-electron chi connectivity index (χ1n) is 12.4. The number of nitrogens with one attached hydrogen (secondary N) is 1. The van der Waals surface area contributed by atoms with Gasteiger partial charge in [-0.1, -0.05) is 115 Å². The molecule has 3 aromatic heterocycles. The number of para-hydroxylation sites is 1. The van der Waals surface area contributed by atoms with Crippen molar-refractivity contribution in [2.75, 3.05) is 0 Å². The fraction of sp³-hybridized carbons (Fsp3) is 0.0312. The number of aromatic amines is 1. The Kier molecular flexibility index (Phi) is 5.72. The normalized spacial score (nSPS) is 11.4. The van der Waals surface area contributed by atoms with Crippen LogP contribution in [0.25, 0.3) is 55.8 Å². The third-order valence-electron chi connectivity index (χ3n) is 6.57. The summed E-state index contributed by atoms with van der Waals surface area (Å²) < 4.78 is 6.10. The zero-order chi connectivity index (χ0) is 25.3. The fourth-order valence-corrected chi connectivity index (χ4v) is 5.45. The zero-order valence-corrected chi connectivity index (χ0v) is 21.2. The molecule has 4 aromatic carbocycles. The second-order valence-corrected chi connectivity index (χ2v) is 9.97. The number of fused-ring (bicyclic) bond motifs is 3. The summed E-state index contributed by atoms with van der Waals surface area (Å²) in [5.41, 5.74) is 8.20. The number of thioether (sulfide) groups is 1. The predicted octanol–water partition coefficient (Wildman–Crippen LogP) is 8.39. The van der Waals surface area contributed by atoms with Gasteiger partial charge in [-0.05, 0) is 28.8 Å². The largest absolute Gasteiger partial charge is 0.410 e. The first-order valence-corrected chi connectivity index (χ1v) is 13.4. The molecular weight excluding hydrogens is 488 g/mol. The lowest BCUT2D eigenvalue weighted by molar-refractivity contribution is 0.464. The topological polar surface area (TPSA) is 67.6 Å². The van der Waals surface area contributed by atoms with Crippen molar-refractivity contribution in [3.63, 3.8) is 0 Å². The molecule has 6 heteroatoms. The molecule has 0 aliphatic carbocycles. The lowest BCUT2D eigenvalue weighted by Crippen LogP contribution is -1.90. The van der Waals surface area contributed by atoms with Crippen LogP contribution in [0.15, 0.2) is 125 Å². The minimum Gasteiger partial charge on any atom is -0.410 e. The van der Waals surface area contributed by atoms with Crippen LogP contribution in [0.5, 0.6) is 0 Å². The van der Waals surface area contributed by atoms with Crippen molar-refractivity contribution >= 4 is 33.6 Å². The molecule has 0 aliphatic heterocycles. The van der Waals surface area contributed by atoms with Crippen molar-refractivity contribution in [2.45, 2.75) is 11.0 Å². The maximum atomic E-state index is 6.10. The van der Waals surface area contributed by atoms with Crippen LogP contribution in [0.1, 0.15) is 5.56 Å². The Morgan fingerprint density at radius 3 is 2.24 bits per heavy atom. The molecule has 1 N–H and O–H groups in total. The third-order valence-corrected chi connectivity index (χ3v) is 7.46. The molecule has 5 nitrogen and oxygen atoms in total. The number of H-pyrrole nitrogens is 1. The number of benzene rings is 4. The van der Waals surface area contributed by atoms with Gasteiger partial charge in [-0.15, -0.1) is 10.2 Å². The lowest BCUT2D eigenvalue weighted by atomic mass is 10.0. The van der Waals surface area contributed by atoms with E-state index in [4.69, 9.17) is 9.40 Å². The Balaban J connectivity index is 1.21. The quantitative estimate of drug-likeness (QED) is 0.228. The monoisotopic (exact) mass is 510 g/mol. The SMILES string of the molecule is c1ccc(-c2cccc(CSc3nnc(-c4cc5c([nH]c6ccccc65)c(-c5ccccc5)n4)o3)c2)cc1. The van der Waals surface area contributed by atoms with E-state index >= 15 is 0 Å². The van der Waals surface area contributed by atoms with Crippen LogP contribution in [-0.4, -0.2) is 20.2 Å². The molecule has 7 aromatic rings. The minimum atomic E-state index is 0.412. The van der Waals surface area contributed by atoms with Crippen molar-refractivity contribution in [3.05, 3.63) is 121 Å². The number of pyridine rings is 1. The molecule has 0 saturated heterocycles.